The molecule has 2 fully saturated rings. The van der Waals surface area contributed by atoms with Gasteiger partial charge in [-0.3, -0.25) is 9.59 Å². The fourth-order valence-electron chi connectivity index (χ4n) is 3.73. The molecule has 1 aromatic carbocycles. The molecule has 0 aliphatic carbocycles. The maximum absolute atomic E-state index is 12.3. The van der Waals surface area contributed by atoms with Gasteiger partial charge in [-0.15, -0.1) is 0 Å². The lowest BCUT2D eigenvalue weighted by molar-refractivity contribution is -0.277. The first-order chi connectivity index (χ1) is 14.9. The van der Waals surface area contributed by atoms with Crippen LogP contribution in [0.2, 0.25) is 0 Å². The molecule has 2 aliphatic heterocycles. The minimum atomic E-state index is -1.55. The number of aliphatic hydroxyl groups excluding tert-OH is 4. The molecule has 0 saturated carbocycles. The highest BCUT2D eigenvalue weighted by Crippen LogP contribution is 2.26. The Hall–Kier alpha value is -2.24. The summed E-state index contributed by atoms with van der Waals surface area (Å²) in [5.74, 6) is 0.216. The Morgan fingerprint density at radius 2 is 1.97 bits per heavy atom. The predicted molar refractivity (Wildman–Crippen MR) is 108 cm³/mol. The number of nitrogens with zero attached hydrogens (tertiary/aromatic N) is 1. The quantitative estimate of drug-likeness (QED) is 0.294. The molecule has 0 radical (unpaired) electrons. The lowest BCUT2D eigenvalue weighted by Gasteiger charge is -2.39. The summed E-state index contributed by atoms with van der Waals surface area (Å²) in [6.07, 6.45) is -4.79. The van der Waals surface area contributed by atoms with Crippen LogP contribution < -0.4 is 10.1 Å². The number of rotatable bonds is 9. The summed E-state index contributed by atoms with van der Waals surface area (Å²) in [5.41, 5.74) is 0.548. The van der Waals surface area contributed by atoms with Gasteiger partial charge in [-0.1, -0.05) is 18.2 Å². The van der Waals surface area contributed by atoms with E-state index in [4.69, 9.17) is 9.47 Å². The number of amides is 2. The highest BCUT2D eigenvalue weighted by molar-refractivity contribution is 5.79. The van der Waals surface area contributed by atoms with E-state index in [2.05, 4.69) is 5.32 Å². The van der Waals surface area contributed by atoms with Crippen molar-refractivity contribution in [1.82, 2.24) is 10.2 Å². The number of para-hydroxylation sites is 1. The van der Waals surface area contributed by atoms with Gasteiger partial charge in [-0.2, -0.15) is 0 Å². The minimum Gasteiger partial charge on any atom is -0.462 e. The Balaban J connectivity index is 1.52. The van der Waals surface area contributed by atoms with E-state index in [-0.39, 0.29) is 24.0 Å². The first-order valence-electron chi connectivity index (χ1n) is 10.5. The van der Waals surface area contributed by atoms with E-state index in [0.717, 1.165) is 13.0 Å². The van der Waals surface area contributed by atoms with Crippen molar-refractivity contribution in [3.05, 3.63) is 29.8 Å². The van der Waals surface area contributed by atoms with Crippen LogP contribution in [0.15, 0.2) is 24.3 Å². The summed E-state index contributed by atoms with van der Waals surface area (Å²) in [6, 6.07) is 6.72. The molecule has 10 heteroatoms. The van der Waals surface area contributed by atoms with Gasteiger partial charge in [0, 0.05) is 31.6 Å². The summed E-state index contributed by atoms with van der Waals surface area (Å²) in [7, 11) is 0. The summed E-state index contributed by atoms with van der Waals surface area (Å²) < 4.78 is 11.0. The third kappa shape index (κ3) is 5.92. The molecule has 0 bridgehead atoms. The van der Waals surface area contributed by atoms with Gasteiger partial charge in [-0.25, -0.2) is 0 Å². The van der Waals surface area contributed by atoms with Gasteiger partial charge in [0.25, 0.3) is 0 Å². The fourth-order valence-corrected chi connectivity index (χ4v) is 3.73. The zero-order chi connectivity index (χ0) is 22.4. The largest absolute Gasteiger partial charge is 0.462 e. The van der Waals surface area contributed by atoms with Crippen LogP contribution in [0.3, 0.4) is 0 Å². The summed E-state index contributed by atoms with van der Waals surface area (Å²) >= 11 is 0. The Morgan fingerprint density at radius 3 is 2.68 bits per heavy atom. The number of aliphatic hydroxyl groups is 4. The summed E-state index contributed by atoms with van der Waals surface area (Å²) in [4.78, 5) is 25.7. The number of ether oxygens (including phenoxy) is 2. The van der Waals surface area contributed by atoms with Gasteiger partial charge in [-0.05, 0) is 18.9 Å². The lowest BCUT2D eigenvalue weighted by atomic mass is 9.99. The van der Waals surface area contributed by atoms with Crippen LogP contribution >= 0.6 is 0 Å². The zero-order valence-electron chi connectivity index (χ0n) is 17.2. The smallest absolute Gasteiger partial charge is 0.229 e. The number of hydrogen-bond acceptors (Lipinski definition) is 8. The van der Waals surface area contributed by atoms with Gasteiger partial charge < -0.3 is 40.1 Å². The molecular weight excluding hydrogens is 408 g/mol. The van der Waals surface area contributed by atoms with Crippen LogP contribution in [0.25, 0.3) is 0 Å². The highest BCUT2D eigenvalue weighted by atomic mass is 16.7. The molecule has 2 aliphatic rings. The van der Waals surface area contributed by atoms with Crippen LogP contribution in [0.5, 0.6) is 5.75 Å². The third-order valence-electron chi connectivity index (χ3n) is 5.51. The van der Waals surface area contributed by atoms with Crippen molar-refractivity contribution >= 4 is 11.8 Å². The Morgan fingerprint density at radius 1 is 1.19 bits per heavy atom. The molecule has 10 nitrogen and oxygen atoms in total. The van der Waals surface area contributed by atoms with E-state index in [0.29, 0.717) is 31.5 Å². The number of nitrogens with one attached hydrogen (secondary N) is 1. The summed E-state index contributed by atoms with van der Waals surface area (Å²) in [5, 5.41) is 42.1. The van der Waals surface area contributed by atoms with Crippen molar-refractivity contribution in [2.24, 2.45) is 0 Å². The standard InChI is InChI=1S/C21H30N2O8/c24-12-15-18(27)19(28)20(29)21(31-15)30-14-6-2-1-5-13(14)11-16(25)22-8-4-10-23-9-3-7-17(23)26/h1-2,5-6,15,18-21,24,27-29H,3-4,7-12H2,(H,22,25). The van der Waals surface area contributed by atoms with Gasteiger partial charge in [0.2, 0.25) is 18.1 Å². The molecule has 31 heavy (non-hydrogen) atoms. The van der Waals surface area contributed by atoms with E-state index in [1.165, 1.54) is 0 Å². The molecule has 2 heterocycles. The van der Waals surface area contributed by atoms with Crippen molar-refractivity contribution in [2.45, 2.75) is 56.4 Å². The van der Waals surface area contributed by atoms with Gasteiger partial charge in [0.1, 0.15) is 30.2 Å². The van der Waals surface area contributed by atoms with Crippen LogP contribution in [-0.4, -0.2) is 94.1 Å². The average Bonchev–Trinajstić information content (AvgIpc) is 3.17. The molecule has 5 atom stereocenters. The molecule has 2 amide bonds. The molecule has 5 N–H and O–H groups in total. The minimum absolute atomic E-state index is 0.0240. The number of likely N-dealkylation sites (tertiary alicyclic amines) is 1. The number of carbonyl (C=O) groups is 2. The van der Waals surface area contributed by atoms with Crippen LogP contribution in [0, 0.1) is 0 Å². The lowest BCUT2D eigenvalue weighted by Crippen LogP contribution is -2.60. The van der Waals surface area contributed by atoms with Gasteiger partial charge in [0.15, 0.2) is 0 Å². The Bertz CT molecular complexity index is 759. The molecular formula is C21H30N2O8. The average molecular weight is 438 g/mol. The Kier molecular flexibility index (Phi) is 8.22. The van der Waals surface area contributed by atoms with Gasteiger partial charge >= 0.3 is 0 Å². The van der Waals surface area contributed by atoms with Crippen molar-refractivity contribution in [2.75, 3.05) is 26.2 Å². The SMILES string of the molecule is O=C(Cc1ccccc1OC1OC(CO)C(O)C(O)C1O)NCCCN1CCCC1=O. The van der Waals surface area contributed by atoms with Crippen LogP contribution in [0.1, 0.15) is 24.8 Å². The topological polar surface area (TPSA) is 149 Å². The number of carbonyl (C=O) groups excluding carboxylic acids is 2. The van der Waals surface area contributed by atoms with Crippen molar-refractivity contribution < 1.29 is 39.5 Å². The normalized spacial score (nSPS) is 28.6. The highest BCUT2D eigenvalue weighted by Gasteiger charge is 2.44. The predicted octanol–water partition coefficient (Wildman–Crippen LogP) is -1.46. The van der Waals surface area contributed by atoms with Crippen molar-refractivity contribution in [3.8, 4) is 5.75 Å². The molecule has 2 saturated heterocycles. The summed E-state index contributed by atoms with van der Waals surface area (Å²) in [6.45, 7) is 1.28. The second kappa shape index (κ2) is 10.9. The van der Waals surface area contributed by atoms with E-state index in [9.17, 15) is 30.0 Å². The molecule has 5 unspecified atom stereocenters. The third-order valence-corrected chi connectivity index (χ3v) is 5.51. The van der Waals surface area contributed by atoms with Crippen LogP contribution in [-0.2, 0) is 20.7 Å². The molecule has 3 rings (SSSR count). The molecule has 0 spiro atoms. The van der Waals surface area contributed by atoms with E-state index >= 15 is 0 Å². The van der Waals surface area contributed by atoms with E-state index < -0.39 is 37.3 Å². The number of benzene rings is 1. The second-order valence-electron chi connectivity index (χ2n) is 7.79. The first kappa shape index (κ1) is 23.4. The Labute approximate surface area is 180 Å². The first-order valence-corrected chi connectivity index (χ1v) is 10.5. The molecule has 1 aromatic rings. The van der Waals surface area contributed by atoms with E-state index in [1.807, 2.05) is 0 Å². The zero-order valence-corrected chi connectivity index (χ0v) is 17.2. The van der Waals surface area contributed by atoms with E-state index in [1.54, 1.807) is 29.2 Å². The number of hydrogen-bond donors (Lipinski definition) is 5. The maximum Gasteiger partial charge on any atom is 0.229 e. The molecule has 0 aromatic heterocycles. The van der Waals surface area contributed by atoms with Crippen molar-refractivity contribution in [3.63, 3.8) is 0 Å². The second-order valence-corrected chi connectivity index (χ2v) is 7.79. The van der Waals surface area contributed by atoms with Gasteiger partial charge in [0.05, 0.1) is 13.0 Å². The van der Waals surface area contributed by atoms with Crippen molar-refractivity contribution in [1.29, 1.82) is 0 Å². The maximum atomic E-state index is 12.3. The van der Waals surface area contributed by atoms with Crippen LogP contribution in [0.4, 0.5) is 0 Å². The molecule has 172 valence electrons. The monoisotopic (exact) mass is 438 g/mol. The fraction of sp³-hybridized carbons (Fsp3) is 0.619.